The van der Waals surface area contributed by atoms with Crippen LogP contribution in [0.15, 0.2) is 47.4 Å². The standard InChI is InChI=1S/C18H16ClFN2O2S2/c19-13-7-8-17(14(20)10-13)26(23,24)22-9-3-4-12(11-22)18-21-15-5-1-2-6-16(15)25-18/h1-2,5-8,10,12H,3-4,9,11H2/t12-/m1/s1. The van der Waals surface area contributed by atoms with Gasteiger partial charge in [0.05, 0.1) is 15.2 Å². The van der Waals surface area contributed by atoms with Gasteiger partial charge in [0.25, 0.3) is 0 Å². The second kappa shape index (κ2) is 6.88. The van der Waals surface area contributed by atoms with E-state index in [0.29, 0.717) is 13.1 Å². The minimum absolute atomic E-state index is 0.0197. The zero-order chi connectivity index (χ0) is 18.3. The minimum atomic E-state index is -3.90. The van der Waals surface area contributed by atoms with Crippen LogP contribution < -0.4 is 0 Å². The van der Waals surface area contributed by atoms with Gasteiger partial charge in [0.2, 0.25) is 10.0 Å². The lowest BCUT2D eigenvalue weighted by atomic mass is 10.0. The summed E-state index contributed by atoms with van der Waals surface area (Å²) in [6.07, 6.45) is 1.59. The highest BCUT2D eigenvalue weighted by atomic mass is 35.5. The second-order valence-electron chi connectivity index (χ2n) is 6.30. The highest BCUT2D eigenvalue weighted by Crippen LogP contribution is 2.35. The van der Waals surface area contributed by atoms with Gasteiger partial charge in [-0.3, -0.25) is 0 Å². The maximum atomic E-state index is 14.2. The van der Waals surface area contributed by atoms with Gasteiger partial charge in [-0.2, -0.15) is 4.31 Å². The lowest BCUT2D eigenvalue weighted by Crippen LogP contribution is -2.39. The molecule has 26 heavy (non-hydrogen) atoms. The molecule has 4 rings (SSSR count). The molecule has 136 valence electrons. The number of hydrogen-bond donors (Lipinski definition) is 0. The van der Waals surface area contributed by atoms with E-state index in [0.717, 1.165) is 34.1 Å². The fourth-order valence-electron chi connectivity index (χ4n) is 3.25. The van der Waals surface area contributed by atoms with Crippen LogP contribution in [0.1, 0.15) is 23.8 Å². The number of halogens is 2. The molecule has 4 nitrogen and oxygen atoms in total. The number of piperidine rings is 1. The van der Waals surface area contributed by atoms with Crippen molar-refractivity contribution in [3.63, 3.8) is 0 Å². The van der Waals surface area contributed by atoms with Gasteiger partial charge in [-0.1, -0.05) is 23.7 Å². The molecule has 2 heterocycles. The number of fused-ring (bicyclic) bond motifs is 1. The fourth-order valence-corrected chi connectivity index (χ4v) is 6.07. The fraction of sp³-hybridized carbons (Fsp3) is 0.278. The molecule has 0 aliphatic carbocycles. The van der Waals surface area contributed by atoms with Crippen LogP contribution in [0.5, 0.6) is 0 Å². The topological polar surface area (TPSA) is 50.3 Å². The van der Waals surface area contributed by atoms with Crippen LogP contribution in [0, 0.1) is 5.82 Å². The van der Waals surface area contributed by atoms with Crippen LogP contribution >= 0.6 is 22.9 Å². The number of nitrogens with zero attached hydrogens (tertiary/aromatic N) is 2. The Morgan fingerprint density at radius 2 is 2.04 bits per heavy atom. The van der Waals surface area contributed by atoms with Gasteiger partial charge in [0, 0.05) is 24.0 Å². The number of benzene rings is 2. The lowest BCUT2D eigenvalue weighted by Gasteiger charge is -2.31. The number of hydrogen-bond acceptors (Lipinski definition) is 4. The van der Waals surface area contributed by atoms with Crippen LogP contribution in [0.25, 0.3) is 10.2 Å². The molecule has 1 atom stereocenters. The quantitative estimate of drug-likeness (QED) is 0.631. The summed E-state index contributed by atoms with van der Waals surface area (Å²) in [7, 11) is -3.90. The summed E-state index contributed by atoms with van der Waals surface area (Å²) in [4.78, 5) is 4.33. The largest absolute Gasteiger partial charge is 0.246 e. The molecule has 1 fully saturated rings. The molecule has 0 spiro atoms. The van der Waals surface area contributed by atoms with E-state index in [4.69, 9.17) is 11.6 Å². The van der Waals surface area contributed by atoms with E-state index < -0.39 is 15.8 Å². The highest BCUT2D eigenvalue weighted by Gasteiger charge is 2.33. The Morgan fingerprint density at radius 3 is 2.81 bits per heavy atom. The molecule has 0 unspecified atom stereocenters. The summed E-state index contributed by atoms with van der Waals surface area (Å²) in [5.41, 5.74) is 0.927. The number of thiazole rings is 1. The van der Waals surface area contributed by atoms with Gasteiger partial charge in [0.15, 0.2) is 0 Å². The molecule has 0 saturated carbocycles. The van der Waals surface area contributed by atoms with E-state index in [1.54, 1.807) is 11.3 Å². The number of sulfonamides is 1. The number of rotatable bonds is 3. The van der Waals surface area contributed by atoms with Crippen molar-refractivity contribution in [2.24, 2.45) is 0 Å². The maximum absolute atomic E-state index is 14.2. The Labute approximate surface area is 160 Å². The number of para-hydroxylation sites is 1. The SMILES string of the molecule is O=S(=O)(c1ccc(Cl)cc1F)N1CCC[C@@H](c2nc3ccccc3s2)C1. The molecule has 1 aliphatic rings. The highest BCUT2D eigenvalue weighted by molar-refractivity contribution is 7.89. The van der Waals surface area contributed by atoms with Crippen molar-refractivity contribution in [2.75, 3.05) is 13.1 Å². The Bertz CT molecular complexity index is 1030. The molecule has 8 heteroatoms. The Hall–Kier alpha value is -1.54. The molecule has 3 aromatic rings. The van der Waals surface area contributed by atoms with Crippen LogP contribution in [-0.4, -0.2) is 30.8 Å². The van der Waals surface area contributed by atoms with E-state index in [1.807, 2.05) is 24.3 Å². The maximum Gasteiger partial charge on any atom is 0.246 e. The Balaban J connectivity index is 1.63. The minimum Gasteiger partial charge on any atom is -0.241 e. The summed E-state index contributed by atoms with van der Waals surface area (Å²) in [5.74, 6) is -0.800. The van der Waals surface area contributed by atoms with Gasteiger partial charge in [0.1, 0.15) is 10.7 Å². The third-order valence-electron chi connectivity index (χ3n) is 4.56. The zero-order valence-corrected chi connectivity index (χ0v) is 16.1. The van der Waals surface area contributed by atoms with Crippen LogP contribution in [-0.2, 0) is 10.0 Å². The average Bonchev–Trinajstić information content (AvgIpc) is 3.06. The predicted molar refractivity (Wildman–Crippen MR) is 102 cm³/mol. The molecule has 0 N–H and O–H groups in total. The third-order valence-corrected chi connectivity index (χ3v) is 7.89. The summed E-state index contributed by atoms with van der Waals surface area (Å²) in [5, 5.41) is 1.11. The summed E-state index contributed by atoms with van der Waals surface area (Å²) in [6.45, 7) is 0.690. The van der Waals surface area contributed by atoms with E-state index in [9.17, 15) is 12.8 Å². The second-order valence-corrected chi connectivity index (χ2v) is 9.70. The van der Waals surface area contributed by atoms with E-state index in [2.05, 4.69) is 4.98 Å². The predicted octanol–water partition coefficient (Wildman–Crippen LogP) is 4.66. The molecule has 0 bridgehead atoms. The van der Waals surface area contributed by atoms with Gasteiger partial charge in [-0.25, -0.2) is 17.8 Å². The molecule has 0 radical (unpaired) electrons. The molecular formula is C18H16ClFN2O2S2. The molecule has 1 saturated heterocycles. The Morgan fingerprint density at radius 1 is 1.23 bits per heavy atom. The van der Waals surface area contributed by atoms with Crippen molar-refractivity contribution in [1.82, 2.24) is 9.29 Å². The van der Waals surface area contributed by atoms with Gasteiger partial charge in [-0.05, 0) is 43.2 Å². The first-order chi connectivity index (χ1) is 12.4. The van der Waals surface area contributed by atoms with Crippen molar-refractivity contribution in [2.45, 2.75) is 23.7 Å². The van der Waals surface area contributed by atoms with Gasteiger partial charge in [-0.15, -0.1) is 11.3 Å². The molecule has 0 amide bonds. The first kappa shape index (κ1) is 17.9. The first-order valence-electron chi connectivity index (χ1n) is 8.26. The molecular weight excluding hydrogens is 395 g/mol. The third kappa shape index (κ3) is 3.24. The smallest absolute Gasteiger partial charge is 0.241 e. The summed E-state index contributed by atoms with van der Waals surface area (Å²) >= 11 is 7.33. The van der Waals surface area contributed by atoms with Crippen LogP contribution in [0.3, 0.4) is 0 Å². The van der Waals surface area contributed by atoms with E-state index in [-0.39, 0.29) is 15.8 Å². The van der Waals surface area contributed by atoms with Crippen molar-refractivity contribution in [3.05, 3.63) is 58.3 Å². The van der Waals surface area contributed by atoms with E-state index in [1.165, 1.54) is 16.4 Å². The van der Waals surface area contributed by atoms with Crippen molar-refractivity contribution in [1.29, 1.82) is 0 Å². The lowest BCUT2D eigenvalue weighted by molar-refractivity contribution is 0.314. The molecule has 1 aromatic heterocycles. The van der Waals surface area contributed by atoms with Crippen molar-refractivity contribution in [3.8, 4) is 0 Å². The first-order valence-corrected chi connectivity index (χ1v) is 10.9. The average molecular weight is 411 g/mol. The molecule has 2 aromatic carbocycles. The number of aromatic nitrogens is 1. The Kier molecular flexibility index (Phi) is 4.73. The van der Waals surface area contributed by atoms with Crippen molar-refractivity contribution < 1.29 is 12.8 Å². The summed E-state index contributed by atoms with van der Waals surface area (Å²) < 4.78 is 42.4. The molecule has 1 aliphatic heterocycles. The normalized spacial score (nSPS) is 19.1. The van der Waals surface area contributed by atoms with Crippen LogP contribution in [0.4, 0.5) is 4.39 Å². The zero-order valence-electron chi connectivity index (χ0n) is 13.7. The van der Waals surface area contributed by atoms with Gasteiger partial charge >= 0.3 is 0 Å². The van der Waals surface area contributed by atoms with E-state index >= 15 is 0 Å². The van der Waals surface area contributed by atoms with Crippen molar-refractivity contribution >= 4 is 43.2 Å². The van der Waals surface area contributed by atoms with Crippen LogP contribution in [0.2, 0.25) is 5.02 Å². The van der Waals surface area contributed by atoms with Gasteiger partial charge < -0.3 is 0 Å². The summed E-state index contributed by atoms with van der Waals surface area (Å²) in [6, 6.07) is 11.5. The monoisotopic (exact) mass is 410 g/mol.